The highest BCUT2D eigenvalue weighted by atomic mass is 35.5. The maximum absolute atomic E-state index is 13.4. The molecule has 1 saturated heterocycles. The normalized spacial score (nSPS) is 18.6. The van der Waals surface area contributed by atoms with Gasteiger partial charge >= 0.3 is 0 Å². The fraction of sp³-hybridized carbons (Fsp3) is 0.435. The molecule has 1 aliphatic heterocycles. The van der Waals surface area contributed by atoms with E-state index in [0.717, 1.165) is 30.7 Å². The third kappa shape index (κ3) is 5.24. The molecule has 0 aromatic heterocycles. The van der Waals surface area contributed by atoms with Crippen LogP contribution in [0.25, 0.3) is 0 Å². The van der Waals surface area contributed by atoms with Gasteiger partial charge in [-0.3, -0.25) is 4.79 Å². The Balaban J connectivity index is 1.34. The summed E-state index contributed by atoms with van der Waals surface area (Å²) >= 11 is 5.74. The molecule has 0 spiro atoms. The first-order valence-corrected chi connectivity index (χ1v) is 12.7. The van der Waals surface area contributed by atoms with Gasteiger partial charge in [-0.2, -0.15) is 4.31 Å². The zero-order chi connectivity index (χ0) is 22.7. The van der Waals surface area contributed by atoms with Gasteiger partial charge in [0.05, 0.1) is 16.0 Å². The first kappa shape index (κ1) is 23.0. The van der Waals surface area contributed by atoms with Crippen LogP contribution in [-0.4, -0.2) is 37.8 Å². The summed E-state index contributed by atoms with van der Waals surface area (Å²) in [5.74, 6) is -0.352. The minimum absolute atomic E-state index is 0.0501. The average Bonchev–Trinajstić information content (AvgIpc) is 3.29. The Morgan fingerprint density at radius 2 is 1.78 bits per heavy atom. The van der Waals surface area contributed by atoms with Crippen molar-refractivity contribution in [1.82, 2.24) is 4.31 Å². The molecule has 0 bridgehead atoms. The van der Waals surface area contributed by atoms with Crippen molar-refractivity contribution >= 4 is 33.2 Å². The predicted octanol–water partition coefficient (Wildman–Crippen LogP) is 4.84. The Labute approximate surface area is 192 Å². The van der Waals surface area contributed by atoms with Crippen molar-refractivity contribution in [3.63, 3.8) is 0 Å². The summed E-state index contributed by atoms with van der Waals surface area (Å²) in [6, 6.07) is 10.7. The summed E-state index contributed by atoms with van der Waals surface area (Å²) in [4.78, 5) is 12.7. The summed E-state index contributed by atoms with van der Waals surface area (Å²) in [6.45, 7) is 0.417. The number of anilines is 1. The molecular weight excluding hydrogens is 455 g/mol. The highest BCUT2D eigenvalue weighted by molar-refractivity contribution is 7.89. The Morgan fingerprint density at radius 1 is 1.06 bits per heavy atom. The van der Waals surface area contributed by atoms with Gasteiger partial charge in [-0.25, -0.2) is 12.8 Å². The highest BCUT2D eigenvalue weighted by Gasteiger charge is 2.32. The Hall–Kier alpha value is -2.16. The molecule has 9 heteroatoms. The van der Waals surface area contributed by atoms with E-state index in [1.165, 1.54) is 23.2 Å². The molecule has 1 amide bonds. The van der Waals surface area contributed by atoms with E-state index < -0.39 is 15.8 Å². The number of carbonyl (C=O) groups is 1. The third-order valence-electron chi connectivity index (χ3n) is 6.06. The van der Waals surface area contributed by atoms with Gasteiger partial charge in [0.15, 0.2) is 0 Å². The summed E-state index contributed by atoms with van der Waals surface area (Å²) < 4.78 is 46.3. The topological polar surface area (TPSA) is 75.7 Å². The van der Waals surface area contributed by atoms with Crippen LogP contribution in [0.4, 0.5) is 10.1 Å². The van der Waals surface area contributed by atoms with Gasteiger partial charge in [-0.1, -0.05) is 17.7 Å². The van der Waals surface area contributed by atoms with Crippen LogP contribution in [0.3, 0.4) is 0 Å². The fourth-order valence-corrected chi connectivity index (χ4v) is 5.98. The van der Waals surface area contributed by atoms with Crippen molar-refractivity contribution in [2.75, 3.05) is 18.4 Å². The zero-order valence-electron chi connectivity index (χ0n) is 17.6. The van der Waals surface area contributed by atoms with Crippen LogP contribution in [0.15, 0.2) is 47.4 Å². The van der Waals surface area contributed by atoms with Crippen LogP contribution in [0.1, 0.15) is 38.5 Å². The Bertz CT molecular complexity index is 1080. The standard InChI is InChI=1S/C23H26ClFN2O4S/c24-21-15-20(8-9-22(21)25)32(29,30)27-12-10-16(11-13-27)23(28)26-17-4-3-7-19(14-17)31-18-5-1-2-6-18/h3-4,7-9,14-16,18H,1-2,5-6,10-13H2,(H,26,28). The van der Waals surface area contributed by atoms with Gasteiger partial charge < -0.3 is 10.1 Å². The largest absolute Gasteiger partial charge is 0.490 e. The maximum atomic E-state index is 13.4. The molecule has 172 valence electrons. The summed E-state index contributed by atoms with van der Waals surface area (Å²) in [6.07, 6.45) is 5.53. The first-order chi connectivity index (χ1) is 15.3. The van der Waals surface area contributed by atoms with Crippen molar-refractivity contribution in [3.05, 3.63) is 53.3 Å². The minimum atomic E-state index is -3.79. The van der Waals surface area contributed by atoms with E-state index in [0.29, 0.717) is 18.5 Å². The monoisotopic (exact) mass is 480 g/mol. The number of benzene rings is 2. The predicted molar refractivity (Wildman–Crippen MR) is 121 cm³/mol. The molecule has 0 unspecified atom stereocenters. The van der Waals surface area contributed by atoms with Crippen LogP contribution >= 0.6 is 11.6 Å². The number of nitrogens with one attached hydrogen (secondary N) is 1. The number of sulfonamides is 1. The van der Waals surface area contributed by atoms with E-state index >= 15 is 0 Å². The summed E-state index contributed by atoms with van der Waals surface area (Å²) in [5, 5.41) is 2.69. The smallest absolute Gasteiger partial charge is 0.243 e. The van der Waals surface area contributed by atoms with Crippen molar-refractivity contribution in [1.29, 1.82) is 0 Å². The molecule has 0 radical (unpaired) electrons. The third-order valence-corrected chi connectivity index (χ3v) is 8.24. The van der Waals surface area contributed by atoms with Crippen molar-refractivity contribution in [2.45, 2.75) is 49.5 Å². The van der Waals surface area contributed by atoms with Crippen LogP contribution in [0.2, 0.25) is 5.02 Å². The molecule has 32 heavy (non-hydrogen) atoms. The molecule has 2 fully saturated rings. The van der Waals surface area contributed by atoms with Crippen LogP contribution in [-0.2, 0) is 14.8 Å². The Morgan fingerprint density at radius 3 is 2.47 bits per heavy atom. The summed E-state index contributed by atoms with van der Waals surface area (Å²) in [5.41, 5.74) is 0.668. The van der Waals surface area contributed by atoms with E-state index in [2.05, 4.69) is 5.32 Å². The fourth-order valence-electron chi connectivity index (χ4n) is 4.23. The van der Waals surface area contributed by atoms with E-state index in [-0.39, 0.29) is 40.9 Å². The molecule has 1 N–H and O–H groups in total. The van der Waals surface area contributed by atoms with Gasteiger partial charge in [0.25, 0.3) is 0 Å². The van der Waals surface area contributed by atoms with Crippen LogP contribution in [0.5, 0.6) is 5.75 Å². The Kier molecular flexibility index (Phi) is 7.02. The molecule has 2 aliphatic rings. The molecule has 1 saturated carbocycles. The maximum Gasteiger partial charge on any atom is 0.243 e. The minimum Gasteiger partial charge on any atom is -0.490 e. The molecule has 0 atom stereocenters. The summed E-state index contributed by atoms with van der Waals surface area (Å²) in [7, 11) is -3.79. The van der Waals surface area contributed by atoms with Gasteiger partial charge in [0, 0.05) is 30.8 Å². The molecule has 2 aromatic rings. The highest BCUT2D eigenvalue weighted by Crippen LogP contribution is 2.29. The second-order valence-electron chi connectivity index (χ2n) is 8.30. The van der Waals surface area contributed by atoms with E-state index in [9.17, 15) is 17.6 Å². The van der Waals surface area contributed by atoms with Crippen molar-refractivity contribution < 1.29 is 22.3 Å². The number of hydrogen-bond donors (Lipinski definition) is 1. The van der Waals surface area contributed by atoms with E-state index in [1.807, 2.05) is 24.3 Å². The van der Waals surface area contributed by atoms with Gasteiger partial charge in [-0.05, 0) is 68.9 Å². The number of amides is 1. The van der Waals surface area contributed by atoms with Crippen molar-refractivity contribution in [3.8, 4) is 5.75 Å². The zero-order valence-corrected chi connectivity index (χ0v) is 19.2. The second kappa shape index (κ2) is 9.77. The van der Waals surface area contributed by atoms with Gasteiger partial charge in [-0.15, -0.1) is 0 Å². The number of halogens is 2. The lowest BCUT2D eigenvalue weighted by molar-refractivity contribution is -0.120. The number of rotatable bonds is 6. The number of piperidine rings is 1. The quantitative estimate of drug-likeness (QED) is 0.642. The molecule has 4 rings (SSSR count). The average molecular weight is 481 g/mol. The van der Waals surface area contributed by atoms with E-state index in [1.54, 1.807) is 0 Å². The van der Waals surface area contributed by atoms with Gasteiger partial charge in [0.1, 0.15) is 11.6 Å². The molecular formula is C23H26ClFN2O4S. The SMILES string of the molecule is O=C(Nc1cccc(OC2CCCC2)c1)C1CCN(S(=O)(=O)c2ccc(F)c(Cl)c2)CC1. The lowest BCUT2D eigenvalue weighted by Crippen LogP contribution is -2.41. The second-order valence-corrected chi connectivity index (χ2v) is 10.6. The van der Waals surface area contributed by atoms with Crippen LogP contribution in [0, 0.1) is 11.7 Å². The molecule has 1 heterocycles. The number of hydrogen-bond acceptors (Lipinski definition) is 4. The van der Waals surface area contributed by atoms with E-state index in [4.69, 9.17) is 16.3 Å². The lowest BCUT2D eigenvalue weighted by Gasteiger charge is -2.30. The number of carbonyl (C=O) groups excluding carboxylic acids is 1. The van der Waals surface area contributed by atoms with Crippen LogP contribution < -0.4 is 10.1 Å². The molecule has 6 nitrogen and oxygen atoms in total. The molecule has 1 aliphatic carbocycles. The van der Waals surface area contributed by atoms with Gasteiger partial charge in [0.2, 0.25) is 15.9 Å². The first-order valence-electron chi connectivity index (χ1n) is 10.9. The lowest BCUT2D eigenvalue weighted by atomic mass is 9.97. The van der Waals surface area contributed by atoms with Crippen molar-refractivity contribution in [2.24, 2.45) is 5.92 Å². The molecule has 2 aromatic carbocycles. The number of ether oxygens (including phenoxy) is 1. The number of nitrogens with zero attached hydrogens (tertiary/aromatic N) is 1.